The number of hydrogen-bond acceptors (Lipinski definition) is 9. The summed E-state index contributed by atoms with van der Waals surface area (Å²) in [6.07, 6.45) is 6.69. The number of aromatic nitrogens is 7. The minimum Gasteiger partial charge on any atom is -0.382 e. The van der Waals surface area contributed by atoms with Crippen LogP contribution in [0.1, 0.15) is 31.7 Å². The number of methoxy groups -OCH3 is 2. The second kappa shape index (κ2) is 9.11. The lowest BCUT2D eigenvalue weighted by Gasteiger charge is -2.23. The first-order valence-corrected chi connectivity index (χ1v) is 11.1. The van der Waals surface area contributed by atoms with Gasteiger partial charge in [0.1, 0.15) is 11.8 Å². The van der Waals surface area contributed by atoms with Crippen LogP contribution in [0.25, 0.3) is 11.5 Å². The normalized spacial score (nSPS) is 16.8. The molecule has 1 N–H and O–H groups in total. The largest absolute Gasteiger partial charge is 0.382 e. The van der Waals surface area contributed by atoms with Crippen molar-refractivity contribution in [3.05, 3.63) is 35.5 Å². The summed E-state index contributed by atoms with van der Waals surface area (Å²) in [6, 6.07) is 1.93. The van der Waals surface area contributed by atoms with E-state index in [-0.39, 0.29) is 16.9 Å². The fourth-order valence-electron chi connectivity index (χ4n) is 3.53. The molecule has 166 valence electrons. The van der Waals surface area contributed by atoms with Crippen LogP contribution in [-0.4, -0.2) is 60.6 Å². The third-order valence-electron chi connectivity index (χ3n) is 5.23. The zero-order chi connectivity index (χ0) is 22.0. The summed E-state index contributed by atoms with van der Waals surface area (Å²) in [5.74, 6) is 1.94. The second-order valence-corrected chi connectivity index (χ2v) is 9.18. The standard InChI is InChI=1S/C19H25ClN8O2S/c1-12(15(30-4)16-21-9-13(20)10-22-16)31-26-18-24-23-17(14-5-8-27(2)25-14)28(18)19(6-7-19)11-29-3/h5,8-10,12,15H,6-7,11H2,1-4H3,(H,24,26). The van der Waals surface area contributed by atoms with Crippen LogP contribution in [0.3, 0.4) is 0 Å². The molecule has 0 radical (unpaired) electrons. The van der Waals surface area contributed by atoms with E-state index >= 15 is 0 Å². The molecule has 3 aromatic heterocycles. The van der Waals surface area contributed by atoms with Crippen LogP contribution in [0.15, 0.2) is 24.7 Å². The number of halogens is 1. The predicted molar refractivity (Wildman–Crippen MR) is 119 cm³/mol. The molecule has 1 saturated carbocycles. The topological polar surface area (TPSA) is 105 Å². The molecular formula is C19H25ClN8O2S. The molecule has 31 heavy (non-hydrogen) atoms. The number of hydrogen-bond donors (Lipinski definition) is 1. The van der Waals surface area contributed by atoms with Gasteiger partial charge in [-0.15, -0.1) is 10.2 Å². The Bertz CT molecular complexity index is 1020. The number of nitrogens with zero attached hydrogens (tertiary/aromatic N) is 7. The molecule has 1 fully saturated rings. The Morgan fingerprint density at radius 3 is 2.58 bits per heavy atom. The highest BCUT2D eigenvalue weighted by atomic mass is 35.5. The molecule has 0 bridgehead atoms. The molecule has 3 heterocycles. The van der Waals surface area contributed by atoms with Gasteiger partial charge in [-0.3, -0.25) is 14.0 Å². The molecule has 2 unspecified atom stereocenters. The number of rotatable bonds is 10. The molecule has 2 atom stereocenters. The van der Waals surface area contributed by atoms with Gasteiger partial charge in [0.15, 0.2) is 11.6 Å². The Hall–Kier alpha value is -2.21. The van der Waals surface area contributed by atoms with E-state index in [2.05, 4.69) is 34.6 Å². The van der Waals surface area contributed by atoms with E-state index in [1.54, 1.807) is 31.3 Å². The molecule has 0 spiro atoms. The first-order chi connectivity index (χ1) is 15.0. The van der Waals surface area contributed by atoms with Gasteiger partial charge in [-0.25, -0.2) is 9.97 Å². The molecule has 0 aromatic carbocycles. The van der Waals surface area contributed by atoms with Gasteiger partial charge in [-0.05, 0) is 37.8 Å². The van der Waals surface area contributed by atoms with Crippen molar-refractivity contribution < 1.29 is 9.47 Å². The predicted octanol–water partition coefficient (Wildman–Crippen LogP) is 3.09. The molecule has 0 saturated heterocycles. The first kappa shape index (κ1) is 22.0. The molecule has 1 aliphatic rings. The molecule has 12 heteroatoms. The van der Waals surface area contributed by atoms with Gasteiger partial charge in [0.25, 0.3) is 0 Å². The SMILES string of the molecule is COCC1(n2c(NSC(C)C(OC)c3ncc(Cl)cn3)nnc2-c2ccn(C)n2)CC1. The fraction of sp³-hybridized carbons (Fsp3) is 0.526. The third-order valence-corrected chi connectivity index (χ3v) is 6.35. The smallest absolute Gasteiger partial charge is 0.235 e. The fourth-order valence-corrected chi connectivity index (χ4v) is 4.41. The van der Waals surface area contributed by atoms with Crippen LogP contribution in [-0.2, 0) is 22.1 Å². The van der Waals surface area contributed by atoms with Gasteiger partial charge in [-0.2, -0.15) is 5.10 Å². The number of nitrogens with one attached hydrogen (secondary N) is 1. The maximum absolute atomic E-state index is 5.91. The highest BCUT2D eigenvalue weighted by Crippen LogP contribution is 2.47. The Labute approximate surface area is 189 Å². The molecule has 1 aliphatic carbocycles. The van der Waals surface area contributed by atoms with E-state index in [1.807, 2.05) is 26.2 Å². The minimum atomic E-state index is -0.324. The van der Waals surface area contributed by atoms with Gasteiger partial charge in [-0.1, -0.05) is 11.6 Å². The molecular weight excluding hydrogens is 440 g/mol. The van der Waals surface area contributed by atoms with Gasteiger partial charge in [0, 0.05) is 39.9 Å². The Morgan fingerprint density at radius 1 is 1.26 bits per heavy atom. The van der Waals surface area contributed by atoms with Gasteiger partial charge >= 0.3 is 0 Å². The van der Waals surface area contributed by atoms with Crippen LogP contribution in [0.4, 0.5) is 5.95 Å². The molecule has 4 rings (SSSR count). The molecule has 0 aliphatic heterocycles. The van der Waals surface area contributed by atoms with Crippen LogP contribution in [0.2, 0.25) is 5.02 Å². The van der Waals surface area contributed by atoms with Gasteiger partial charge in [0.2, 0.25) is 5.95 Å². The van der Waals surface area contributed by atoms with Crippen molar-refractivity contribution in [2.75, 3.05) is 25.5 Å². The first-order valence-electron chi connectivity index (χ1n) is 9.84. The van der Waals surface area contributed by atoms with Crippen molar-refractivity contribution in [3.8, 4) is 11.5 Å². The second-order valence-electron chi connectivity index (χ2n) is 7.56. The summed E-state index contributed by atoms with van der Waals surface area (Å²) < 4.78 is 18.4. The van der Waals surface area contributed by atoms with E-state index < -0.39 is 0 Å². The Morgan fingerprint density at radius 2 is 2.00 bits per heavy atom. The molecule has 10 nitrogen and oxygen atoms in total. The lowest BCUT2D eigenvalue weighted by molar-refractivity contribution is 0.0972. The highest BCUT2D eigenvalue weighted by Gasteiger charge is 2.48. The summed E-state index contributed by atoms with van der Waals surface area (Å²) in [4.78, 5) is 8.59. The van der Waals surface area contributed by atoms with Crippen LogP contribution in [0.5, 0.6) is 0 Å². The lowest BCUT2D eigenvalue weighted by atomic mass is 10.2. The van der Waals surface area contributed by atoms with E-state index in [1.165, 1.54) is 11.9 Å². The van der Waals surface area contributed by atoms with E-state index in [4.69, 9.17) is 21.1 Å². The Kier molecular flexibility index (Phi) is 6.47. The van der Waals surface area contributed by atoms with Crippen LogP contribution < -0.4 is 4.72 Å². The average Bonchev–Trinajstić information content (AvgIpc) is 3.19. The third kappa shape index (κ3) is 4.54. The maximum Gasteiger partial charge on any atom is 0.235 e. The number of anilines is 1. The summed E-state index contributed by atoms with van der Waals surface area (Å²) in [7, 11) is 5.23. The maximum atomic E-state index is 5.91. The summed E-state index contributed by atoms with van der Waals surface area (Å²) in [6.45, 7) is 2.62. The van der Waals surface area contributed by atoms with Gasteiger partial charge in [0.05, 0.1) is 22.4 Å². The van der Waals surface area contributed by atoms with E-state index in [0.29, 0.717) is 23.4 Å². The van der Waals surface area contributed by atoms with E-state index in [0.717, 1.165) is 24.4 Å². The van der Waals surface area contributed by atoms with Crippen LogP contribution in [0, 0.1) is 0 Å². The number of ether oxygens (including phenoxy) is 2. The monoisotopic (exact) mass is 464 g/mol. The Balaban J connectivity index is 1.57. The van der Waals surface area contributed by atoms with Gasteiger partial charge < -0.3 is 9.47 Å². The highest BCUT2D eigenvalue weighted by molar-refractivity contribution is 8.01. The van der Waals surface area contributed by atoms with Crippen molar-refractivity contribution in [2.45, 2.75) is 36.7 Å². The minimum absolute atomic E-state index is 0.0211. The van der Waals surface area contributed by atoms with Crippen molar-refractivity contribution in [1.82, 2.24) is 34.5 Å². The molecule has 0 amide bonds. The van der Waals surface area contributed by atoms with Crippen LogP contribution >= 0.6 is 23.5 Å². The summed E-state index contributed by atoms with van der Waals surface area (Å²) in [5, 5.41) is 13.8. The summed E-state index contributed by atoms with van der Waals surface area (Å²) >= 11 is 7.38. The van der Waals surface area contributed by atoms with Crippen molar-refractivity contribution in [1.29, 1.82) is 0 Å². The van der Waals surface area contributed by atoms with Crippen molar-refractivity contribution in [2.24, 2.45) is 7.05 Å². The quantitative estimate of drug-likeness (QED) is 0.453. The zero-order valence-corrected chi connectivity index (χ0v) is 19.4. The summed E-state index contributed by atoms with van der Waals surface area (Å²) in [5.41, 5.74) is 0.602. The molecule has 3 aromatic rings. The zero-order valence-electron chi connectivity index (χ0n) is 17.8. The number of aryl methyl sites for hydroxylation is 1. The average molecular weight is 465 g/mol. The van der Waals surface area contributed by atoms with E-state index in [9.17, 15) is 0 Å². The lowest BCUT2D eigenvalue weighted by Crippen LogP contribution is -2.26. The van der Waals surface area contributed by atoms with Crippen molar-refractivity contribution >= 4 is 29.5 Å². The van der Waals surface area contributed by atoms with Crippen molar-refractivity contribution in [3.63, 3.8) is 0 Å².